The molecule has 4 heteroatoms. The molecule has 0 radical (unpaired) electrons. The molecule has 1 fully saturated rings. The number of likely N-dealkylation sites (tertiary alicyclic amines) is 1. The van der Waals surface area contributed by atoms with Gasteiger partial charge in [0, 0.05) is 13.1 Å². The van der Waals surface area contributed by atoms with Crippen molar-refractivity contribution in [2.75, 3.05) is 13.1 Å². The molecule has 1 aliphatic heterocycles. The van der Waals surface area contributed by atoms with Gasteiger partial charge in [0.1, 0.15) is 0 Å². The molecule has 0 aliphatic carbocycles. The highest BCUT2D eigenvalue weighted by Gasteiger charge is 2.24. The molecule has 3 rings (SSSR count). The number of benzene rings is 2. The number of nitrogens with zero attached hydrogens (tertiary/aromatic N) is 1. The van der Waals surface area contributed by atoms with Crippen molar-refractivity contribution in [1.82, 2.24) is 4.90 Å². The Morgan fingerprint density at radius 3 is 2.48 bits per heavy atom. The van der Waals surface area contributed by atoms with Gasteiger partial charge in [0.25, 0.3) is 0 Å². The molecule has 1 saturated heterocycles. The fraction of sp³-hybridized carbons (Fsp3) is 0.333. The lowest BCUT2D eigenvalue weighted by Gasteiger charge is -2.33. The molecule has 1 aliphatic rings. The summed E-state index contributed by atoms with van der Waals surface area (Å²) in [6.07, 6.45) is 2.22. The number of carboxylic acid groups (broad SMARTS) is 1. The van der Waals surface area contributed by atoms with E-state index in [0.717, 1.165) is 31.5 Å². The maximum atomic E-state index is 12.5. The second-order valence-electron chi connectivity index (χ2n) is 6.69. The molecule has 1 heterocycles. The second kappa shape index (κ2) is 7.51. The van der Waals surface area contributed by atoms with Crippen LogP contribution >= 0.6 is 0 Å². The van der Waals surface area contributed by atoms with Gasteiger partial charge < -0.3 is 10.0 Å². The highest BCUT2D eigenvalue weighted by molar-refractivity contribution is 5.88. The van der Waals surface area contributed by atoms with Gasteiger partial charge in [-0.05, 0) is 54.5 Å². The summed E-state index contributed by atoms with van der Waals surface area (Å²) in [6, 6.07) is 15.1. The molecule has 2 aromatic carbocycles. The number of carboxylic acids is 1. The minimum absolute atomic E-state index is 0.0748. The van der Waals surface area contributed by atoms with Crippen LogP contribution < -0.4 is 0 Å². The lowest BCUT2D eigenvalue weighted by Crippen LogP contribution is -2.38. The molecule has 1 amide bonds. The number of amides is 1. The summed E-state index contributed by atoms with van der Waals surface area (Å²) in [5.74, 6) is -0.375. The van der Waals surface area contributed by atoms with Gasteiger partial charge in [-0.2, -0.15) is 0 Å². The zero-order chi connectivity index (χ0) is 17.8. The van der Waals surface area contributed by atoms with E-state index in [1.165, 1.54) is 11.1 Å². The molecule has 0 bridgehead atoms. The summed E-state index contributed by atoms with van der Waals surface area (Å²) in [6.45, 7) is 3.66. The summed E-state index contributed by atoms with van der Waals surface area (Å²) >= 11 is 0. The van der Waals surface area contributed by atoms with Crippen molar-refractivity contribution in [2.24, 2.45) is 0 Å². The first-order valence-corrected chi connectivity index (χ1v) is 8.70. The predicted molar refractivity (Wildman–Crippen MR) is 96.8 cm³/mol. The number of aryl methyl sites for hydroxylation is 1. The van der Waals surface area contributed by atoms with Crippen molar-refractivity contribution in [3.63, 3.8) is 0 Å². The van der Waals surface area contributed by atoms with Gasteiger partial charge in [-0.1, -0.05) is 36.4 Å². The highest BCUT2D eigenvalue weighted by atomic mass is 16.4. The molecule has 0 atom stereocenters. The van der Waals surface area contributed by atoms with Gasteiger partial charge in [0.2, 0.25) is 5.91 Å². The first-order valence-electron chi connectivity index (χ1n) is 8.70. The number of piperidine rings is 1. The molecule has 0 aromatic heterocycles. The van der Waals surface area contributed by atoms with Crippen molar-refractivity contribution in [3.8, 4) is 0 Å². The molecule has 4 nitrogen and oxygen atoms in total. The van der Waals surface area contributed by atoms with Gasteiger partial charge in [0.05, 0.1) is 12.0 Å². The first kappa shape index (κ1) is 17.2. The van der Waals surface area contributed by atoms with Crippen molar-refractivity contribution >= 4 is 11.9 Å². The van der Waals surface area contributed by atoms with Crippen LogP contribution in [0.2, 0.25) is 0 Å². The summed E-state index contributed by atoms with van der Waals surface area (Å²) < 4.78 is 0. The Labute approximate surface area is 148 Å². The quantitative estimate of drug-likeness (QED) is 0.926. The third-order valence-electron chi connectivity index (χ3n) is 5.01. The third kappa shape index (κ3) is 4.08. The zero-order valence-corrected chi connectivity index (χ0v) is 14.4. The van der Waals surface area contributed by atoms with Crippen LogP contribution in [0, 0.1) is 6.92 Å². The van der Waals surface area contributed by atoms with Gasteiger partial charge >= 0.3 is 5.97 Å². The average Bonchev–Trinajstić information content (AvgIpc) is 2.62. The number of hydrogen-bond donors (Lipinski definition) is 1. The molecular formula is C21H23NO3. The molecule has 1 N–H and O–H groups in total. The van der Waals surface area contributed by atoms with E-state index in [9.17, 15) is 9.59 Å². The van der Waals surface area contributed by atoms with Crippen LogP contribution in [0.1, 0.15) is 45.8 Å². The van der Waals surface area contributed by atoms with Crippen LogP contribution in [0.4, 0.5) is 0 Å². The van der Waals surface area contributed by atoms with E-state index in [4.69, 9.17) is 5.11 Å². The predicted octanol–water partition coefficient (Wildman–Crippen LogP) is 3.64. The average molecular weight is 337 g/mol. The van der Waals surface area contributed by atoms with E-state index in [-0.39, 0.29) is 17.9 Å². The molecule has 0 unspecified atom stereocenters. The van der Waals surface area contributed by atoms with Crippen LogP contribution in [-0.2, 0) is 11.2 Å². The lowest BCUT2D eigenvalue weighted by atomic mass is 9.87. The normalized spacial score (nSPS) is 15.2. The van der Waals surface area contributed by atoms with Crippen molar-refractivity contribution in [3.05, 3.63) is 70.8 Å². The van der Waals surface area contributed by atoms with E-state index in [1.54, 1.807) is 18.2 Å². The van der Waals surface area contributed by atoms with Crippen LogP contribution in [0.3, 0.4) is 0 Å². The molecule has 25 heavy (non-hydrogen) atoms. The number of hydrogen-bond acceptors (Lipinski definition) is 2. The molecule has 0 spiro atoms. The molecule has 0 saturated carbocycles. The first-order chi connectivity index (χ1) is 12.0. The zero-order valence-electron chi connectivity index (χ0n) is 14.4. The Kier molecular flexibility index (Phi) is 5.17. The minimum atomic E-state index is -0.964. The number of carbonyl (C=O) groups excluding carboxylic acids is 1. The maximum absolute atomic E-state index is 12.5. The highest BCUT2D eigenvalue weighted by Crippen LogP contribution is 2.30. The minimum Gasteiger partial charge on any atom is -0.478 e. The van der Waals surface area contributed by atoms with E-state index in [2.05, 4.69) is 31.2 Å². The van der Waals surface area contributed by atoms with Crippen molar-refractivity contribution < 1.29 is 14.7 Å². The van der Waals surface area contributed by atoms with Crippen LogP contribution in [0.15, 0.2) is 48.5 Å². The smallest absolute Gasteiger partial charge is 0.335 e. The van der Waals surface area contributed by atoms with Crippen molar-refractivity contribution in [1.29, 1.82) is 0 Å². The van der Waals surface area contributed by atoms with E-state index in [0.29, 0.717) is 5.92 Å². The maximum Gasteiger partial charge on any atom is 0.335 e. The SMILES string of the molecule is Cc1ccccc1C1CCN(C(=O)Cc2cccc(C(=O)O)c2)CC1. The molecule has 2 aromatic rings. The third-order valence-corrected chi connectivity index (χ3v) is 5.01. The second-order valence-corrected chi connectivity index (χ2v) is 6.69. The fourth-order valence-electron chi connectivity index (χ4n) is 3.59. The standard InChI is InChI=1S/C21H23NO3/c1-15-5-2-3-8-19(15)17-9-11-22(12-10-17)20(23)14-16-6-4-7-18(13-16)21(24)25/h2-8,13,17H,9-12,14H2,1H3,(H,24,25). The Balaban J connectivity index is 1.59. The summed E-state index contributed by atoms with van der Waals surface area (Å²) in [5.41, 5.74) is 3.69. The van der Waals surface area contributed by atoms with E-state index >= 15 is 0 Å². The summed E-state index contributed by atoms with van der Waals surface area (Å²) in [7, 11) is 0. The van der Waals surface area contributed by atoms with E-state index < -0.39 is 5.97 Å². The Morgan fingerprint density at radius 2 is 1.80 bits per heavy atom. The van der Waals surface area contributed by atoms with Gasteiger partial charge in [-0.25, -0.2) is 4.79 Å². The summed E-state index contributed by atoms with van der Waals surface area (Å²) in [5, 5.41) is 9.06. The van der Waals surface area contributed by atoms with Crippen LogP contribution in [-0.4, -0.2) is 35.0 Å². The number of aromatic carboxylic acids is 1. The fourth-order valence-corrected chi connectivity index (χ4v) is 3.59. The van der Waals surface area contributed by atoms with Crippen LogP contribution in [0.25, 0.3) is 0 Å². The summed E-state index contributed by atoms with van der Waals surface area (Å²) in [4.78, 5) is 25.5. The molecular weight excluding hydrogens is 314 g/mol. The van der Waals surface area contributed by atoms with E-state index in [1.807, 2.05) is 11.0 Å². The Hall–Kier alpha value is -2.62. The number of rotatable bonds is 4. The number of carbonyl (C=O) groups is 2. The van der Waals surface area contributed by atoms with Gasteiger partial charge in [-0.15, -0.1) is 0 Å². The molecule has 130 valence electrons. The van der Waals surface area contributed by atoms with Gasteiger partial charge in [-0.3, -0.25) is 4.79 Å². The largest absolute Gasteiger partial charge is 0.478 e. The lowest BCUT2D eigenvalue weighted by molar-refractivity contribution is -0.131. The topological polar surface area (TPSA) is 57.6 Å². The van der Waals surface area contributed by atoms with Gasteiger partial charge in [0.15, 0.2) is 0 Å². The van der Waals surface area contributed by atoms with Crippen LogP contribution in [0.5, 0.6) is 0 Å². The monoisotopic (exact) mass is 337 g/mol. The Bertz CT molecular complexity index is 776. The Morgan fingerprint density at radius 1 is 1.08 bits per heavy atom. The van der Waals surface area contributed by atoms with Crippen molar-refractivity contribution in [2.45, 2.75) is 32.1 Å².